The Morgan fingerprint density at radius 1 is 1.05 bits per heavy atom. The Kier molecular flexibility index (Phi) is 10.0. The number of aliphatic carboxylic acids is 1. The van der Waals surface area contributed by atoms with E-state index in [1.54, 1.807) is 0 Å². The molecule has 0 saturated heterocycles. The number of carbonyl (C=O) groups excluding carboxylic acids is 1. The molecule has 2 N–H and O–H groups in total. The first-order valence-corrected chi connectivity index (χ1v) is 9.31. The molecule has 0 rings (SSSR count). The maximum Gasteiger partial charge on any atom is 0.327 e. The molecule has 0 fully saturated rings. The molecule has 0 spiro atoms. The van der Waals surface area contributed by atoms with Gasteiger partial charge in [-0.05, 0) is 6.42 Å². The Morgan fingerprint density at radius 3 is 2.05 bits per heavy atom. The van der Waals surface area contributed by atoms with Crippen molar-refractivity contribution < 1.29 is 23.1 Å². The Hall–Kier alpha value is -1.11. The Labute approximate surface area is 127 Å². The van der Waals surface area contributed by atoms with Crippen molar-refractivity contribution in [2.45, 2.75) is 64.8 Å². The number of unbranched alkanes of at least 4 members (excludes halogenated alkanes) is 6. The third kappa shape index (κ3) is 11.2. The Bertz CT molecular complexity index is 419. The van der Waals surface area contributed by atoms with Crippen LogP contribution in [-0.4, -0.2) is 42.9 Å². The van der Waals surface area contributed by atoms with Crippen LogP contribution < -0.4 is 5.32 Å². The predicted octanol–water partition coefficient (Wildman–Crippen LogP) is 1.74. The van der Waals surface area contributed by atoms with Gasteiger partial charge in [-0.1, -0.05) is 45.4 Å². The fraction of sp³-hybridized carbons (Fsp3) is 0.857. The first-order valence-electron chi connectivity index (χ1n) is 7.49. The number of hydrogen-bond donors (Lipinski definition) is 2. The molecule has 0 bridgehead atoms. The molecule has 1 atom stereocenters. The van der Waals surface area contributed by atoms with E-state index in [-0.39, 0.29) is 5.75 Å². The normalized spacial score (nSPS) is 12.9. The summed E-state index contributed by atoms with van der Waals surface area (Å²) in [7, 11) is -3.46. The number of carbonyl (C=O) groups is 2. The monoisotopic (exact) mass is 321 g/mol. The highest BCUT2D eigenvalue weighted by Gasteiger charge is 2.25. The summed E-state index contributed by atoms with van der Waals surface area (Å²) in [5, 5.41) is 11.0. The van der Waals surface area contributed by atoms with Gasteiger partial charge >= 0.3 is 5.97 Å². The van der Waals surface area contributed by atoms with Gasteiger partial charge in [-0.15, -0.1) is 0 Å². The highest BCUT2D eigenvalue weighted by Crippen LogP contribution is 2.08. The zero-order valence-corrected chi connectivity index (χ0v) is 13.7. The fourth-order valence-corrected chi connectivity index (χ4v) is 3.58. The molecule has 0 aromatic carbocycles. The smallest absolute Gasteiger partial charge is 0.327 e. The van der Waals surface area contributed by atoms with Crippen molar-refractivity contribution >= 4 is 21.7 Å². The number of nitrogens with one attached hydrogen (secondary N) is 1. The molecule has 1 amide bonds. The number of hydrogen-bond acceptors (Lipinski definition) is 4. The molecule has 124 valence electrons. The van der Waals surface area contributed by atoms with E-state index in [1.807, 2.05) is 0 Å². The van der Waals surface area contributed by atoms with Crippen molar-refractivity contribution in [3.63, 3.8) is 0 Å². The van der Waals surface area contributed by atoms with Crippen LogP contribution in [0, 0.1) is 0 Å². The maximum absolute atomic E-state index is 11.8. The van der Waals surface area contributed by atoms with E-state index in [0.717, 1.165) is 19.3 Å². The van der Waals surface area contributed by atoms with Crippen LogP contribution >= 0.6 is 0 Å². The summed E-state index contributed by atoms with van der Waals surface area (Å²) in [6.07, 6.45) is 7.04. The van der Waals surface area contributed by atoms with Gasteiger partial charge in [0.2, 0.25) is 5.91 Å². The summed E-state index contributed by atoms with van der Waals surface area (Å²) < 4.78 is 23.7. The first kappa shape index (κ1) is 19.9. The Morgan fingerprint density at radius 2 is 1.57 bits per heavy atom. The second kappa shape index (κ2) is 10.6. The fourth-order valence-electron chi connectivity index (χ4n) is 2.04. The minimum atomic E-state index is -3.46. The van der Waals surface area contributed by atoms with Crippen LogP contribution in [0.5, 0.6) is 0 Å². The Balaban J connectivity index is 4.06. The topological polar surface area (TPSA) is 101 Å². The van der Waals surface area contributed by atoms with Crippen LogP contribution in [0.25, 0.3) is 0 Å². The molecular formula is C14H27NO5S. The molecule has 0 aliphatic rings. The second-order valence-corrected chi connectivity index (χ2v) is 7.56. The molecular weight excluding hydrogens is 294 g/mol. The largest absolute Gasteiger partial charge is 0.480 e. The lowest BCUT2D eigenvalue weighted by atomic mass is 10.1. The molecule has 6 nitrogen and oxygen atoms in total. The number of carboxylic acid groups (broad SMARTS) is 1. The van der Waals surface area contributed by atoms with Crippen molar-refractivity contribution in [3.8, 4) is 0 Å². The number of rotatable bonds is 12. The molecule has 0 aromatic rings. The van der Waals surface area contributed by atoms with Crippen molar-refractivity contribution in [1.29, 1.82) is 0 Å². The minimum Gasteiger partial charge on any atom is -0.480 e. The summed E-state index contributed by atoms with van der Waals surface area (Å²) in [4.78, 5) is 21.8. The van der Waals surface area contributed by atoms with Crippen molar-refractivity contribution in [3.05, 3.63) is 0 Å². The van der Waals surface area contributed by atoms with Crippen LogP contribution in [0.1, 0.15) is 58.8 Å². The van der Waals surface area contributed by atoms with E-state index in [2.05, 4.69) is 12.2 Å². The number of amides is 1. The van der Waals surface area contributed by atoms with Crippen molar-refractivity contribution in [2.24, 2.45) is 0 Å². The molecule has 1 unspecified atom stereocenters. The molecule has 0 radical (unpaired) electrons. The zero-order valence-electron chi connectivity index (χ0n) is 12.9. The van der Waals surface area contributed by atoms with Gasteiger partial charge in [-0.2, -0.15) is 0 Å². The summed E-state index contributed by atoms with van der Waals surface area (Å²) >= 11 is 0. The average molecular weight is 321 g/mol. The summed E-state index contributed by atoms with van der Waals surface area (Å²) in [5.74, 6) is -2.44. The standard InChI is InChI=1S/C14H27NO5S/c1-3-4-5-6-7-8-9-10-21(19,20)11-13(14(17)18)15-12(2)16/h13H,3-11H2,1-2H3,(H,15,16)(H,17,18). The molecule has 21 heavy (non-hydrogen) atoms. The van der Waals surface area contributed by atoms with Crippen molar-refractivity contribution in [1.82, 2.24) is 5.32 Å². The van der Waals surface area contributed by atoms with Gasteiger partial charge in [-0.3, -0.25) is 4.79 Å². The first-order chi connectivity index (χ1) is 9.78. The second-order valence-electron chi connectivity index (χ2n) is 5.33. The molecule has 0 aliphatic heterocycles. The van der Waals surface area contributed by atoms with Gasteiger partial charge in [0.1, 0.15) is 6.04 Å². The molecule has 0 aromatic heterocycles. The molecule has 0 saturated carbocycles. The van der Waals surface area contributed by atoms with Crippen LogP contribution in [0.4, 0.5) is 0 Å². The summed E-state index contributed by atoms with van der Waals surface area (Å²) in [6.45, 7) is 3.30. The lowest BCUT2D eigenvalue weighted by Crippen LogP contribution is -2.44. The van der Waals surface area contributed by atoms with Gasteiger partial charge in [0.15, 0.2) is 9.84 Å². The third-order valence-electron chi connectivity index (χ3n) is 3.16. The summed E-state index contributed by atoms with van der Waals surface area (Å²) in [6, 6.07) is -1.36. The lowest BCUT2D eigenvalue weighted by molar-refractivity contribution is -0.140. The molecule has 0 heterocycles. The number of sulfone groups is 1. The van der Waals surface area contributed by atoms with E-state index in [0.29, 0.717) is 6.42 Å². The molecule has 7 heteroatoms. The highest BCUT2D eigenvalue weighted by molar-refractivity contribution is 7.91. The van der Waals surface area contributed by atoms with E-state index in [4.69, 9.17) is 5.11 Å². The van der Waals surface area contributed by atoms with Crippen molar-refractivity contribution in [2.75, 3.05) is 11.5 Å². The quantitative estimate of drug-likeness (QED) is 0.533. The third-order valence-corrected chi connectivity index (χ3v) is 4.91. The summed E-state index contributed by atoms with van der Waals surface area (Å²) in [5.41, 5.74) is 0. The molecule has 0 aliphatic carbocycles. The van der Waals surface area contributed by atoms with Gasteiger partial charge in [0.25, 0.3) is 0 Å². The maximum atomic E-state index is 11.8. The van der Waals surface area contributed by atoms with E-state index in [1.165, 1.54) is 26.2 Å². The van der Waals surface area contributed by atoms with E-state index < -0.39 is 33.5 Å². The average Bonchev–Trinajstić information content (AvgIpc) is 2.36. The minimum absolute atomic E-state index is 0.0237. The van der Waals surface area contributed by atoms with Gasteiger partial charge < -0.3 is 10.4 Å². The SMILES string of the molecule is CCCCCCCCCS(=O)(=O)CC(NC(C)=O)C(=O)O. The van der Waals surface area contributed by atoms with Gasteiger partial charge in [0, 0.05) is 6.92 Å². The van der Waals surface area contributed by atoms with Gasteiger partial charge in [0.05, 0.1) is 11.5 Å². The van der Waals surface area contributed by atoms with Crippen LogP contribution in [0.15, 0.2) is 0 Å². The van der Waals surface area contributed by atoms with Crippen LogP contribution in [-0.2, 0) is 19.4 Å². The number of carboxylic acids is 1. The van der Waals surface area contributed by atoms with Crippen LogP contribution in [0.3, 0.4) is 0 Å². The van der Waals surface area contributed by atoms with Crippen LogP contribution in [0.2, 0.25) is 0 Å². The van der Waals surface area contributed by atoms with E-state index >= 15 is 0 Å². The van der Waals surface area contributed by atoms with Gasteiger partial charge in [-0.25, -0.2) is 13.2 Å². The lowest BCUT2D eigenvalue weighted by Gasteiger charge is -2.13. The highest BCUT2D eigenvalue weighted by atomic mass is 32.2. The zero-order chi connectivity index (χ0) is 16.3. The van der Waals surface area contributed by atoms with E-state index in [9.17, 15) is 18.0 Å². The predicted molar refractivity (Wildman–Crippen MR) is 81.9 cm³/mol.